The van der Waals surface area contributed by atoms with Crippen LogP contribution in [-0.2, 0) is 33.3 Å². The minimum Gasteiger partial charge on any atom is -0.454 e. The number of rotatable bonds is 8. The molecule has 12 heteroatoms. The summed E-state index contributed by atoms with van der Waals surface area (Å²) in [6.07, 6.45) is -4.35. The second-order valence-corrected chi connectivity index (χ2v) is 10.3. The summed E-state index contributed by atoms with van der Waals surface area (Å²) < 4.78 is 49.4. The summed E-state index contributed by atoms with van der Waals surface area (Å²) in [6, 6.07) is 16.1. The van der Waals surface area contributed by atoms with Gasteiger partial charge in [-0.15, -0.1) is 0 Å². The predicted molar refractivity (Wildman–Crippen MR) is 152 cm³/mol. The second-order valence-electron chi connectivity index (χ2n) is 10.3. The third kappa shape index (κ3) is 8.56. The Hall–Kier alpha value is -3.97. The van der Waals surface area contributed by atoms with Crippen LogP contribution in [0.5, 0.6) is 0 Å². The Balaban J connectivity index is 0.000000202. The molecule has 2 N–H and O–H groups in total. The smallest absolute Gasteiger partial charge is 0.331 e. The third-order valence-corrected chi connectivity index (χ3v) is 7.29. The van der Waals surface area contributed by atoms with Crippen molar-refractivity contribution in [1.82, 2.24) is 4.90 Å². The number of aliphatic hydroxyl groups excluding tert-OH is 2. The van der Waals surface area contributed by atoms with Crippen LogP contribution >= 0.6 is 0 Å². The van der Waals surface area contributed by atoms with Gasteiger partial charge in [0.1, 0.15) is 12.2 Å². The molecule has 3 heterocycles. The summed E-state index contributed by atoms with van der Waals surface area (Å²) in [6.45, 7) is 3.62. The predicted octanol–water partition coefficient (Wildman–Crippen LogP) is 2.71. The molecule has 0 spiro atoms. The van der Waals surface area contributed by atoms with Gasteiger partial charge < -0.3 is 29.2 Å². The summed E-state index contributed by atoms with van der Waals surface area (Å²) in [7, 11) is 0. The van der Waals surface area contributed by atoms with Gasteiger partial charge in [-0.3, -0.25) is 9.69 Å². The molecule has 0 aromatic heterocycles. The average molecular weight is 616 g/mol. The average Bonchev–Trinajstić information content (AvgIpc) is 3.05. The number of aliphatic hydroxyl groups is 2. The normalized spacial score (nSPS) is 26.2. The standard InChI is InChI=1S/C17H20FNO4.C15H15FO5/c18-15(12-4-2-1-3-5-12)16(21)17-13(6-7-14(20)23-17)19-8-10-22-11-9-19;1-9(17)20-11-7-8-12(18)21-15(11)14(19)13(16)10-5-3-2-4-6-10/h1-7,13,15-17,21H,8-11H2;2-8,11,13-15,19H,1H3/t13?,15-,16+,17-;11-,13+,14-,15+/m10/s1. The Morgan fingerprint density at radius 1 is 0.818 bits per heavy atom. The number of carbonyl (C=O) groups is 3. The van der Waals surface area contributed by atoms with Gasteiger partial charge in [0.15, 0.2) is 30.7 Å². The highest BCUT2D eigenvalue weighted by Crippen LogP contribution is 2.30. The molecule has 0 bridgehead atoms. The van der Waals surface area contributed by atoms with Gasteiger partial charge >= 0.3 is 17.9 Å². The largest absolute Gasteiger partial charge is 0.454 e. The van der Waals surface area contributed by atoms with Gasteiger partial charge in [0.05, 0.1) is 19.3 Å². The fourth-order valence-electron chi connectivity index (χ4n) is 5.09. The first kappa shape index (κ1) is 32.9. The van der Waals surface area contributed by atoms with Gasteiger partial charge in [-0.2, -0.15) is 0 Å². The molecular formula is C32H35F2NO9. The SMILES string of the molecule is CC(=O)O[C@H]1C=CC(=O)O[C@H]1[C@@H](O)[C@H](F)c1ccccc1.O=C1C=CC(N2CCOCC2)[C@H]([C@@H](O)[C@H](F)c2ccccc2)O1. The number of hydrogen-bond donors (Lipinski definition) is 2. The molecule has 1 unspecified atom stereocenters. The van der Waals surface area contributed by atoms with Crippen LogP contribution in [0, 0.1) is 0 Å². The molecule has 0 radical (unpaired) electrons. The molecule has 44 heavy (non-hydrogen) atoms. The van der Waals surface area contributed by atoms with Crippen molar-refractivity contribution in [2.24, 2.45) is 0 Å². The fraction of sp³-hybridized carbons (Fsp3) is 0.406. The zero-order valence-corrected chi connectivity index (χ0v) is 24.0. The van der Waals surface area contributed by atoms with Crippen molar-refractivity contribution in [3.63, 3.8) is 0 Å². The number of ether oxygens (including phenoxy) is 4. The number of morpholine rings is 1. The Morgan fingerprint density at radius 2 is 1.30 bits per heavy atom. The van der Waals surface area contributed by atoms with E-state index in [2.05, 4.69) is 0 Å². The van der Waals surface area contributed by atoms with E-state index in [0.29, 0.717) is 31.9 Å². The maximum atomic E-state index is 14.7. The van der Waals surface area contributed by atoms with Crippen molar-refractivity contribution in [1.29, 1.82) is 0 Å². The first-order valence-corrected chi connectivity index (χ1v) is 14.2. The minimum absolute atomic E-state index is 0.247. The van der Waals surface area contributed by atoms with Crippen molar-refractivity contribution in [3.8, 4) is 0 Å². The van der Waals surface area contributed by atoms with Gasteiger partial charge in [-0.05, 0) is 17.2 Å². The number of halogens is 2. The third-order valence-electron chi connectivity index (χ3n) is 7.29. The molecule has 0 aliphatic carbocycles. The van der Waals surface area contributed by atoms with E-state index in [1.165, 1.54) is 31.2 Å². The molecule has 2 aromatic rings. The Morgan fingerprint density at radius 3 is 1.82 bits per heavy atom. The van der Waals surface area contributed by atoms with Gasteiger partial charge in [0.2, 0.25) is 0 Å². The molecule has 0 amide bonds. The zero-order chi connectivity index (χ0) is 31.6. The lowest BCUT2D eigenvalue weighted by Crippen LogP contribution is -2.55. The van der Waals surface area contributed by atoms with E-state index < -0.39 is 60.8 Å². The topological polar surface area (TPSA) is 132 Å². The van der Waals surface area contributed by atoms with Gasteiger partial charge in [-0.25, -0.2) is 18.4 Å². The van der Waals surface area contributed by atoms with Crippen LogP contribution in [0.2, 0.25) is 0 Å². The van der Waals surface area contributed by atoms with Gasteiger partial charge in [0.25, 0.3) is 0 Å². The van der Waals surface area contributed by atoms with E-state index in [1.54, 1.807) is 54.6 Å². The molecule has 1 saturated heterocycles. The Bertz CT molecular complexity index is 1300. The lowest BCUT2D eigenvalue weighted by atomic mass is 9.94. The molecule has 1 fully saturated rings. The van der Waals surface area contributed by atoms with Gasteiger partial charge in [-0.1, -0.05) is 66.7 Å². The van der Waals surface area contributed by atoms with Crippen LogP contribution in [0.1, 0.15) is 30.4 Å². The highest BCUT2D eigenvalue weighted by molar-refractivity contribution is 5.83. The number of carbonyl (C=O) groups excluding carboxylic acids is 3. The lowest BCUT2D eigenvalue weighted by Gasteiger charge is -2.40. The number of benzene rings is 2. The molecule has 5 rings (SSSR count). The van der Waals surface area contributed by atoms with Crippen molar-refractivity contribution < 1.29 is 52.3 Å². The van der Waals surface area contributed by atoms with E-state index in [1.807, 2.05) is 4.90 Å². The molecule has 10 nitrogen and oxygen atoms in total. The van der Waals surface area contributed by atoms with Crippen LogP contribution in [0.25, 0.3) is 0 Å². The highest BCUT2D eigenvalue weighted by Gasteiger charge is 2.42. The fourth-order valence-corrected chi connectivity index (χ4v) is 5.09. The number of cyclic esters (lactones) is 2. The van der Waals surface area contributed by atoms with Crippen molar-refractivity contribution in [3.05, 3.63) is 96.1 Å². The second kappa shape index (κ2) is 15.7. The summed E-state index contributed by atoms with van der Waals surface area (Å²) in [4.78, 5) is 35.9. The van der Waals surface area contributed by atoms with Crippen molar-refractivity contribution in [2.45, 2.75) is 55.8 Å². The Kier molecular flexibility index (Phi) is 11.7. The van der Waals surface area contributed by atoms with Crippen LogP contribution in [0.15, 0.2) is 85.0 Å². The molecule has 2 aromatic carbocycles. The van der Waals surface area contributed by atoms with E-state index in [4.69, 9.17) is 18.9 Å². The maximum absolute atomic E-state index is 14.7. The van der Waals surface area contributed by atoms with E-state index >= 15 is 0 Å². The molecular weight excluding hydrogens is 580 g/mol. The number of alkyl halides is 2. The summed E-state index contributed by atoms with van der Waals surface area (Å²) in [5.41, 5.74) is 0.614. The molecule has 0 saturated carbocycles. The van der Waals surface area contributed by atoms with Crippen molar-refractivity contribution in [2.75, 3.05) is 26.3 Å². The van der Waals surface area contributed by atoms with Crippen molar-refractivity contribution >= 4 is 17.9 Å². The zero-order valence-electron chi connectivity index (χ0n) is 24.0. The lowest BCUT2D eigenvalue weighted by molar-refractivity contribution is -0.174. The van der Waals surface area contributed by atoms with Crippen LogP contribution in [0.3, 0.4) is 0 Å². The van der Waals surface area contributed by atoms with Gasteiger partial charge in [0, 0.05) is 32.2 Å². The molecule has 236 valence electrons. The molecule has 3 aliphatic heterocycles. The Labute approximate surface area is 253 Å². The van der Waals surface area contributed by atoms with Crippen LogP contribution in [-0.4, -0.2) is 95.9 Å². The summed E-state index contributed by atoms with van der Waals surface area (Å²) in [5, 5.41) is 20.6. The van der Waals surface area contributed by atoms with Crippen LogP contribution in [0.4, 0.5) is 8.78 Å². The first-order valence-electron chi connectivity index (χ1n) is 14.2. The summed E-state index contributed by atoms with van der Waals surface area (Å²) >= 11 is 0. The minimum atomic E-state index is -1.77. The monoisotopic (exact) mass is 615 g/mol. The van der Waals surface area contributed by atoms with E-state index in [9.17, 15) is 33.4 Å². The quantitative estimate of drug-likeness (QED) is 0.338. The molecule has 8 atom stereocenters. The molecule has 3 aliphatic rings. The first-order chi connectivity index (χ1) is 21.2. The summed E-state index contributed by atoms with van der Waals surface area (Å²) in [5.74, 6) is -1.89. The van der Waals surface area contributed by atoms with E-state index in [-0.39, 0.29) is 11.6 Å². The number of nitrogens with zero attached hydrogens (tertiary/aromatic N) is 1. The number of esters is 3. The maximum Gasteiger partial charge on any atom is 0.331 e. The van der Waals surface area contributed by atoms with Crippen LogP contribution < -0.4 is 0 Å². The highest BCUT2D eigenvalue weighted by atomic mass is 19.1. The number of hydrogen-bond acceptors (Lipinski definition) is 10. The van der Waals surface area contributed by atoms with E-state index in [0.717, 1.165) is 6.08 Å².